The van der Waals surface area contributed by atoms with Gasteiger partial charge in [0.1, 0.15) is 11.6 Å². The van der Waals surface area contributed by atoms with Crippen LogP contribution in [0, 0.1) is 11.8 Å². The van der Waals surface area contributed by atoms with Gasteiger partial charge in [-0.25, -0.2) is 0 Å². The molecule has 3 fully saturated rings. The summed E-state index contributed by atoms with van der Waals surface area (Å²) in [5.41, 5.74) is -0.955. The van der Waals surface area contributed by atoms with Crippen LogP contribution < -0.4 is 10.6 Å². The van der Waals surface area contributed by atoms with Gasteiger partial charge in [-0.15, -0.1) is 0 Å². The summed E-state index contributed by atoms with van der Waals surface area (Å²) in [6.07, 6.45) is 3.87. The molecule has 0 aliphatic carbocycles. The number of nitrogens with one attached hydrogen (secondary N) is 2. The van der Waals surface area contributed by atoms with Crippen LogP contribution in [-0.4, -0.2) is 72.2 Å². The molecule has 3 saturated heterocycles. The van der Waals surface area contributed by atoms with Gasteiger partial charge in [0.05, 0.1) is 24.5 Å². The molecule has 0 aromatic carbocycles. The minimum absolute atomic E-state index is 0.0681. The first kappa shape index (κ1) is 19.1. The van der Waals surface area contributed by atoms with Crippen molar-refractivity contribution >= 4 is 17.7 Å². The molecule has 146 valence electrons. The van der Waals surface area contributed by atoms with Gasteiger partial charge in [-0.05, 0) is 19.3 Å². The van der Waals surface area contributed by atoms with Crippen LogP contribution in [0.5, 0.6) is 0 Å². The predicted octanol–water partition coefficient (Wildman–Crippen LogP) is -0.594. The molecule has 0 aromatic rings. The maximum atomic E-state index is 13.1. The van der Waals surface area contributed by atoms with E-state index in [9.17, 15) is 19.5 Å². The Labute approximate surface area is 153 Å². The Hall–Kier alpha value is -1.67. The summed E-state index contributed by atoms with van der Waals surface area (Å²) in [5.74, 6) is -1.95. The zero-order valence-electron chi connectivity index (χ0n) is 15.5. The van der Waals surface area contributed by atoms with Crippen LogP contribution >= 0.6 is 0 Å². The van der Waals surface area contributed by atoms with Gasteiger partial charge in [-0.1, -0.05) is 19.8 Å². The van der Waals surface area contributed by atoms with Crippen LogP contribution in [0.4, 0.5) is 0 Å². The van der Waals surface area contributed by atoms with Crippen molar-refractivity contribution < 1.29 is 24.2 Å². The van der Waals surface area contributed by atoms with Crippen LogP contribution in [0.1, 0.15) is 39.0 Å². The molecule has 3 amide bonds. The Morgan fingerprint density at radius 1 is 1.35 bits per heavy atom. The summed E-state index contributed by atoms with van der Waals surface area (Å²) in [6, 6.07) is -0.784. The molecule has 8 heteroatoms. The number of hydrogen-bond donors (Lipinski definition) is 3. The number of carbonyl (C=O) groups excluding carboxylic acids is 3. The van der Waals surface area contributed by atoms with Gasteiger partial charge in [0.15, 0.2) is 0 Å². The van der Waals surface area contributed by atoms with Crippen LogP contribution in [0.25, 0.3) is 0 Å². The molecule has 3 aliphatic rings. The monoisotopic (exact) mass is 367 g/mol. The topological polar surface area (TPSA) is 108 Å². The fourth-order valence-corrected chi connectivity index (χ4v) is 4.95. The number of nitrogens with zero attached hydrogens (tertiary/aromatic N) is 1. The van der Waals surface area contributed by atoms with E-state index < -0.39 is 23.5 Å². The third kappa shape index (κ3) is 2.79. The molecule has 3 N–H and O–H groups in total. The van der Waals surface area contributed by atoms with E-state index in [4.69, 9.17) is 4.74 Å². The second-order valence-corrected chi connectivity index (χ2v) is 7.42. The SMILES string of the molecule is CCCCCNC(=O)C1N(CCO)C(=O)[C@@H]2[C@@H](C(=O)NC)[C@H]3CCC12O3. The van der Waals surface area contributed by atoms with Crippen LogP contribution in [-0.2, 0) is 19.1 Å². The van der Waals surface area contributed by atoms with E-state index in [0.29, 0.717) is 19.4 Å². The number of likely N-dealkylation sites (tertiary alicyclic amines) is 1. The maximum absolute atomic E-state index is 13.1. The highest BCUT2D eigenvalue weighted by Gasteiger charge is 2.74. The average molecular weight is 367 g/mol. The van der Waals surface area contributed by atoms with E-state index in [0.717, 1.165) is 19.3 Å². The fraction of sp³-hybridized carbons (Fsp3) is 0.833. The number of amides is 3. The van der Waals surface area contributed by atoms with Crippen molar-refractivity contribution in [2.45, 2.75) is 56.8 Å². The van der Waals surface area contributed by atoms with Gasteiger partial charge < -0.3 is 25.4 Å². The Balaban J connectivity index is 1.86. The summed E-state index contributed by atoms with van der Waals surface area (Å²) in [6.45, 7) is 2.47. The minimum atomic E-state index is -0.955. The summed E-state index contributed by atoms with van der Waals surface area (Å²) in [4.78, 5) is 39.8. The first-order valence-corrected chi connectivity index (χ1v) is 9.60. The van der Waals surface area contributed by atoms with Crippen molar-refractivity contribution in [1.29, 1.82) is 0 Å². The van der Waals surface area contributed by atoms with Crippen molar-refractivity contribution in [2.75, 3.05) is 26.7 Å². The molecule has 3 aliphatic heterocycles. The van der Waals surface area contributed by atoms with Crippen LogP contribution in [0.15, 0.2) is 0 Å². The number of carbonyl (C=O) groups is 3. The van der Waals surface area contributed by atoms with Gasteiger partial charge in [0.2, 0.25) is 17.7 Å². The maximum Gasteiger partial charge on any atom is 0.245 e. The lowest BCUT2D eigenvalue weighted by atomic mass is 9.70. The number of rotatable bonds is 8. The highest BCUT2D eigenvalue weighted by Crippen LogP contribution is 2.58. The standard InChI is InChI=1S/C18H29N3O5/c1-3-4-5-8-20-16(24)14-18-7-6-11(26-18)12(15(23)19-2)13(18)17(25)21(14)9-10-22/h11-14,22H,3-10H2,1-2H3,(H,19,23)(H,20,24)/t11-,12+,13+,14?,18?/m1/s1. The lowest BCUT2D eigenvalue weighted by Gasteiger charge is -2.33. The predicted molar refractivity (Wildman–Crippen MR) is 93.0 cm³/mol. The number of ether oxygens (including phenoxy) is 1. The van der Waals surface area contributed by atoms with Gasteiger partial charge in [-0.3, -0.25) is 14.4 Å². The molecule has 0 aromatic heterocycles. The molecule has 2 unspecified atom stereocenters. The third-order valence-corrected chi connectivity index (χ3v) is 6.02. The number of aliphatic hydroxyl groups is 1. The minimum Gasteiger partial charge on any atom is -0.395 e. The second-order valence-electron chi connectivity index (χ2n) is 7.42. The zero-order chi connectivity index (χ0) is 18.9. The normalized spacial score (nSPS) is 34.9. The van der Waals surface area contributed by atoms with E-state index in [2.05, 4.69) is 17.6 Å². The van der Waals surface area contributed by atoms with Crippen molar-refractivity contribution in [3.63, 3.8) is 0 Å². The zero-order valence-corrected chi connectivity index (χ0v) is 15.5. The van der Waals surface area contributed by atoms with Crippen molar-refractivity contribution in [1.82, 2.24) is 15.5 Å². The van der Waals surface area contributed by atoms with E-state index >= 15 is 0 Å². The Morgan fingerprint density at radius 2 is 2.12 bits per heavy atom. The number of hydrogen-bond acceptors (Lipinski definition) is 5. The van der Waals surface area contributed by atoms with Crippen molar-refractivity contribution in [2.24, 2.45) is 11.8 Å². The Bertz CT molecular complexity index is 583. The molecule has 0 saturated carbocycles. The Morgan fingerprint density at radius 3 is 2.77 bits per heavy atom. The first-order chi connectivity index (χ1) is 12.5. The molecule has 1 spiro atoms. The van der Waals surface area contributed by atoms with E-state index in [1.165, 1.54) is 4.90 Å². The molecule has 2 bridgehead atoms. The average Bonchev–Trinajstić information content (AvgIpc) is 3.26. The Kier molecular flexibility index (Phi) is 5.53. The van der Waals surface area contributed by atoms with Crippen molar-refractivity contribution in [3.05, 3.63) is 0 Å². The summed E-state index contributed by atoms with van der Waals surface area (Å²) >= 11 is 0. The van der Waals surface area contributed by atoms with Gasteiger partial charge >= 0.3 is 0 Å². The summed E-state index contributed by atoms with van der Waals surface area (Å²) in [7, 11) is 1.55. The molecule has 0 radical (unpaired) electrons. The lowest BCUT2D eigenvalue weighted by molar-refractivity contribution is -0.142. The number of fused-ring (bicyclic) bond motifs is 1. The van der Waals surface area contributed by atoms with Crippen LogP contribution in [0.2, 0.25) is 0 Å². The molecule has 8 nitrogen and oxygen atoms in total. The molecule has 26 heavy (non-hydrogen) atoms. The quantitative estimate of drug-likeness (QED) is 0.497. The fourth-order valence-electron chi connectivity index (χ4n) is 4.95. The molecular weight excluding hydrogens is 338 g/mol. The number of unbranched alkanes of at least 4 members (excludes halogenated alkanes) is 2. The van der Waals surface area contributed by atoms with E-state index in [1.807, 2.05) is 0 Å². The molecule has 5 atom stereocenters. The van der Waals surface area contributed by atoms with Crippen molar-refractivity contribution in [3.8, 4) is 0 Å². The highest BCUT2D eigenvalue weighted by atomic mass is 16.5. The van der Waals surface area contributed by atoms with E-state index in [-0.39, 0.29) is 37.0 Å². The number of aliphatic hydroxyl groups excluding tert-OH is 1. The molecule has 3 heterocycles. The molecular formula is C18H29N3O5. The first-order valence-electron chi connectivity index (χ1n) is 9.60. The smallest absolute Gasteiger partial charge is 0.245 e. The van der Waals surface area contributed by atoms with Gasteiger partial charge in [-0.2, -0.15) is 0 Å². The lowest BCUT2D eigenvalue weighted by Crippen LogP contribution is -2.55. The second kappa shape index (κ2) is 7.52. The number of β-amino-alcohol motifs (C(OH)–C–C–N with tert-alkyl or cyclic N) is 1. The van der Waals surface area contributed by atoms with E-state index in [1.54, 1.807) is 7.05 Å². The van der Waals surface area contributed by atoms with Crippen LogP contribution in [0.3, 0.4) is 0 Å². The molecule has 3 rings (SSSR count). The van der Waals surface area contributed by atoms with Gasteiger partial charge in [0.25, 0.3) is 0 Å². The third-order valence-electron chi connectivity index (χ3n) is 6.02. The largest absolute Gasteiger partial charge is 0.395 e. The summed E-state index contributed by atoms with van der Waals surface area (Å²) in [5, 5.41) is 14.9. The van der Waals surface area contributed by atoms with Gasteiger partial charge in [0, 0.05) is 20.1 Å². The summed E-state index contributed by atoms with van der Waals surface area (Å²) < 4.78 is 6.16. The highest BCUT2D eigenvalue weighted by molar-refractivity contribution is 5.98.